The van der Waals surface area contributed by atoms with Gasteiger partial charge in [-0.15, -0.1) is 0 Å². The van der Waals surface area contributed by atoms with Crippen molar-refractivity contribution < 1.29 is 4.79 Å². The summed E-state index contributed by atoms with van der Waals surface area (Å²) in [5.74, 6) is 0.960. The Balaban J connectivity index is 2.31. The molecule has 3 unspecified atom stereocenters. The molecule has 0 aromatic rings. The molecule has 1 heterocycles. The third-order valence-electron chi connectivity index (χ3n) is 3.24. The van der Waals surface area contributed by atoms with Crippen molar-refractivity contribution in [3.05, 3.63) is 0 Å². The Hall–Kier alpha value is -0.570. The van der Waals surface area contributed by atoms with Crippen LogP contribution in [0, 0.1) is 11.8 Å². The Morgan fingerprint density at radius 3 is 2.79 bits per heavy atom. The molecule has 1 amide bonds. The van der Waals surface area contributed by atoms with E-state index in [4.69, 9.17) is 0 Å². The zero-order valence-corrected chi connectivity index (χ0v) is 9.47. The van der Waals surface area contributed by atoms with Gasteiger partial charge in [-0.05, 0) is 38.8 Å². The molecule has 0 bridgehead atoms. The molecular weight excluding hydrogens is 176 g/mol. The highest BCUT2D eigenvalue weighted by molar-refractivity contribution is 5.78. The van der Waals surface area contributed by atoms with Crippen LogP contribution >= 0.6 is 0 Å². The maximum absolute atomic E-state index is 11.6. The van der Waals surface area contributed by atoms with Gasteiger partial charge in [0, 0.05) is 12.0 Å². The fraction of sp³-hybridized carbons (Fsp3) is 0.909. The van der Waals surface area contributed by atoms with Crippen molar-refractivity contribution >= 4 is 5.91 Å². The van der Waals surface area contributed by atoms with Crippen molar-refractivity contribution in [2.45, 2.75) is 39.7 Å². The van der Waals surface area contributed by atoms with Gasteiger partial charge >= 0.3 is 0 Å². The van der Waals surface area contributed by atoms with Crippen molar-refractivity contribution in [2.24, 2.45) is 11.8 Å². The highest BCUT2D eigenvalue weighted by Gasteiger charge is 2.23. The monoisotopic (exact) mass is 198 g/mol. The minimum Gasteiger partial charge on any atom is -0.353 e. The first-order chi connectivity index (χ1) is 6.65. The van der Waals surface area contributed by atoms with Crippen LogP contribution in [0.25, 0.3) is 0 Å². The van der Waals surface area contributed by atoms with E-state index in [1.54, 1.807) is 0 Å². The smallest absolute Gasteiger partial charge is 0.223 e. The topological polar surface area (TPSA) is 41.1 Å². The van der Waals surface area contributed by atoms with E-state index in [-0.39, 0.29) is 11.8 Å². The van der Waals surface area contributed by atoms with Gasteiger partial charge < -0.3 is 10.6 Å². The average molecular weight is 198 g/mol. The molecule has 2 N–H and O–H groups in total. The lowest BCUT2D eigenvalue weighted by atomic mass is 9.99. The Morgan fingerprint density at radius 1 is 1.57 bits per heavy atom. The molecule has 0 aliphatic carbocycles. The Labute approximate surface area is 86.6 Å². The number of rotatable bonds is 4. The van der Waals surface area contributed by atoms with E-state index in [1.807, 2.05) is 13.8 Å². The predicted octanol–water partition coefficient (Wildman–Crippen LogP) is 1.15. The van der Waals surface area contributed by atoms with Gasteiger partial charge in [0.05, 0.1) is 0 Å². The molecule has 1 rings (SSSR count). The second-order valence-electron chi connectivity index (χ2n) is 4.36. The summed E-state index contributed by atoms with van der Waals surface area (Å²) in [5, 5.41) is 6.41. The minimum atomic E-state index is 0.145. The molecule has 0 radical (unpaired) electrons. The van der Waals surface area contributed by atoms with Crippen LogP contribution in [0.4, 0.5) is 0 Å². The summed E-state index contributed by atoms with van der Waals surface area (Å²) in [6.45, 7) is 8.27. The van der Waals surface area contributed by atoms with Crippen LogP contribution in [0.15, 0.2) is 0 Å². The molecule has 0 saturated carbocycles. The van der Waals surface area contributed by atoms with Gasteiger partial charge in [0.2, 0.25) is 5.91 Å². The fourth-order valence-electron chi connectivity index (χ4n) is 1.77. The summed E-state index contributed by atoms with van der Waals surface area (Å²) in [7, 11) is 0. The fourth-order valence-corrected chi connectivity index (χ4v) is 1.77. The highest BCUT2D eigenvalue weighted by atomic mass is 16.1. The number of carbonyl (C=O) groups is 1. The molecule has 3 nitrogen and oxygen atoms in total. The first kappa shape index (κ1) is 11.5. The van der Waals surface area contributed by atoms with Crippen LogP contribution in [0.5, 0.6) is 0 Å². The van der Waals surface area contributed by atoms with Crippen molar-refractivity contribution in [1.29, 1.82) is 0 Å². The van der Waals surface area contributed by atoms with E-state index in [0.717, 1.165) is 19.5 Å². The highest BCUT2D eigenvalue weighted by Crippen LogP contribution is 2.13. The third-order valence-corrected chi connectivity index (χ3v) is 3.24. The first-order valence-corrected chi connectivity index (χ1v) is 5.66. The van der Waals surface area contributed by atoms with E-state index in [9.17, 15) is 4.79 Å². The van der Waals surface area contributed by atoms with Crippen LogP contribution < -0.4 is 10.6 Å². The van der Waals surface area contributed by atoms with Gasteiger partial charge in [-0.1, -0.05) is 13.8 Å². The molecule has 1 aliphatic rings. The van der Waals surface area contributed by atoms with E-state index in [0.29, 0.717) is 12.0 Å². The Bertz CT molecular complexity index is 188. The van der Waals surface area contributed by atoms with Crippen LogP contribution in [0.1, 0.15) is 33.6 Å². The van der Waals surface area contributed by atoms with Gasteiger partial charge in [0.1, 0.15) is 0 Å². The summed E-state index contributed by atoms with van der Waals surface area (Å²) in [4.78, 5) is 11.6. The van der Waals surface area contributed by atoms with Gasteiger partial charge in [0.15, 0.2) is 0 Å². The molecule has 3 heteroatoms. The molecule has 82 valence electrons. The Morgan fingerprint density at radius 2 is 2.29 bits per heavy atom. The lowest BCUT2D eigenvalue weighted by molar-refractivity contribution is -0.125. The SMILES string of the molecule is CCC(C)C(=O)NC(C)C1CCNC1. The summed E-state index contributed by atoms with van der Waals surface area (Å²) >= 11 is 0. The van der Waals surface area contributed by atoms with Crippen LogP contribution in [0.3, 0.4) is 0 Å². The number of hydrogen-bond donors (Lipinski definition) is 2. The second kappa shape index (κ2) is 5.35. The molecule has 1 saturated heterocycles. The molecule has 1 aliphatic heterocycles. The van der Waals surface area contributed by atoms with Gasteiger partial charge in [-0.3, -0.25) is 4.79 Å². The summed E-state index contributed by atoms with van der Waals surface area (Å²) in [6.07, 6.45) is 2.10. The zero-order chi connectivity index (χ0) is 10.6. The Kier molecular flexibility index (Phi) is 4.39. The zero-order valence-electron chi connectivity index (χ0n) is 9.47. The summed E-state index contributed by atoms with van der Waals surface area (Å²) in [5.41, 5.74) is 0. The van der Waals surface area contributed by atoms with Crippen molar-refractivity contribution in [2.75, 3.05) is 13.1 Å². The maximum Gasteiger partial charge on any atom is 0.223 e. The lowest BCUT2D eigenvalue weighted by Gasteiger charge is -2.21. The van der Waals surface area contributed by atoms with Crippen molar-refractivity contribution in [3.63, 3.8) is 0 Å². The van der Waals surface area contributed by atoms with E-state index >= 15 is 0 Å². The molecule has 14 heavy (non-hydrogen) atoms. The average Bonchev–Trinajstić information content (AvgIpc) is 2.69. The molecular formula is C11H22N2O. The van der Waals surface area contributed by atoms with Gasteiger partial charge in [-0.2, -0.15) is 0 Å². The molecule has 3 atom stereocenters. The largest absolute Gasteiger partial charge is 0.353 e. The lowest BCUT2D eigenvalue weighted by Crippen LogP contribution is -2.41. The van der Waals surface area contributed by atoms with Crippen molar-refractivity contribution in [3.8, 4) is 0 Å². The molecule has 0 aromatic carbocycles. The second-order valence-corrected chi connectivity index (χ2v) is 4.36. The summed E-state index contributed by atoms with van der Waals surface area (Å²) in [6, 6.07) is 0.312. The van der Waals surface area contributed by atoms with Crippen LogP contribution in [-0.4, -0.2) is 25.0 Å². The van der Waals surface area contributed by atoms with Gasteiger partial charge in [0.25, 0.3) is 0 Å². The van der Waals surface area contributed by atoms with Crippen LogP contribution in [-0.2, 0) is 4.79 Å². The molecule has 1 fully saturated rings. The normalized spacial score (nSPS) is 25.8. The third kappa shape index (κ3) is 2.98. The predicted molar refractivity (Wildman–Crippen MR) is 58.0 cm³/mol. The van der Waals surface area contributed by atoms with E-state index < -0.39 is 0 Å². The standard InChI is InChI=1S/C11H22N2O/c1-4-8(2)11(14)13-9(3)10-5-6-12-7-10/h8-10,12H,4-7H2,1-3H3,(H,13,14). The quantitative estimate of drug-likeness (QED) is 0.711. The number of amides is 1. The minimum absolute atomic E-state index is 0.145. The van der Waals surface area contributed by atoms with Crippen molar-refractivity contribution in [1.82, 2.24) is 10.6 Å². The maximum atomic E-state index is 11.6. The van der Waals surface area contributed by atoms with Crippen LogP contribution in [0.2, 0.25) is 0 Å². The van der Waals surface area contributed by atoms with Gasteiger partial charge in [-0.25, -0.2) is 0 Å². The number of nitrogens with one attached hydrogen (secondary N) is 2. The van der Waals surface area contributed by atoms with E-state index in [1.165, 1.54) is 6.42 Å². The first-order valence-electron chi connectivity index (χ1n) is 5.66. The molecule has 0 spiro atoms. The number of hydrogen-bond acceptors (Lipinski definition) is 2. The number of carbonyl (C=O) groups excluding carboxylic acids is 1. The summed E-state index contributed by atoms with van der Waals surface area (Å²) < 4.78 is 0. The van der Waals surface area contributed by atoms with E-state index in [2.05, 4.69) is 17.6 Å². The molecule has 0 aromatic heterocycles.